The van der Waals surface area contributed by atoms with Gasteiger partial charge in [-0.25, -0.2) is 0 Å². The minimum atomic E-state index is -0.902. The molecule has 190 valence electrons. The second kappa shape index (κ2) is 17.8. The summed E-state index contributed by atoms with van der Waals surface area (Å²) in [5.41, 5.74) is 2.76. The molecular formula is C31H35ClOPRuS+. The number of hydrogen-bond acceptors (Lipinski definition) is 1. The Balaban J connectivity index is 0.000000318. The summed E-state index contributed by atoms with van der Waals surface area (Å²) >= 11 is 1.82. The Labute approximate surface area is 235 Å². The molecule has 0 aliphatic carbocycles. The van der Waals surface area contributed by atoms with Crippen molar-refractivity contribution in [2.24, 2.45) is 0 Å². The molecule has 0 heterocycles. The van der Waals surface area contributed by atoms with Crippen LogP contribution in [0.3, 0.4) is 0 Å². The van der Waals surface area contributed by atoms with E-state index in [-0.39, 0.29) is 7.92 Å². The number of hydrogen-bond donors (Lipinski definition) is 0. The molecule has 0 N–H and O–H groups in total. The van der Waals surface area contributed by atoms with Crippen molar-refractivity contribution in [2.75, 3.05) is 11.9 Å². The van der Waals surface area contributed by atoms with Crippen LogP contribution in [0.1, 0.15) is 37.3 Å². The molecule has 0 radical (unpaired) electrons. The predicted octanol–water partition coefficient (Wildman–Crippen LogP) is 8.12. The Morgan fingerprint density at radius 1 is 0.722 bits per heavy atom. The molecule has 0 spiro atoms. The quantitative estimate of drug-likeness (QED) is 0.143. The zero-order chi connectivity index (χ0) is 26.2. The van der Waals surface area contributed by atoms with E-state index >= 15 is 0 Å². The second-order valence-corrected chi connectivity index (χ2v) is 12.5. The van der Waals surface area contributed by atoms with Gasteiger partial charge in [0.1, 0.15) is 0 Å². The van der Waals surface area contributed by atoms with Crippen LogP contribution in [0.25, 0.3) is 0 Å². The molecule has 0 aromatic heterocycles. The molecule has 0 saturated carbocycles. The van der Waals surface area contributed by atoms with Crippen LogP contribution in [0.4, 0.5) is 0 Å². The van der Waals surface area contributed by atoms with E-state index in [4.69, 9.17) is 0 Å². The molecule has 5 heteroatoms. The molecule has 36 heavy (non-hydrogen) atoms. The number of rotatable bonds is 8. The van der Waals surface area contributed by atoms with E-state index in [9.17, 15) is 4.21 Å². The van der Waals surface area contributed by atoms with Crippen LogP contribution in [0.15, 0.2) is 120 Å². The summed E-state index contributed by atoms with van der Waals surface area (Å²) in [7, 11) is 3.28. The molecule has 0 amide bonds. The van der Waals surface area contributed by atoms with E-state index < -0.39 is 10.8 Å². The van der Waals surface area contributed by atoms with Crippen LogP contribution >= 0.6 is 17.6 Å². The van der Waals surface area contributed by atoms with Crippen molar-refractivity contribution in [1.82, 2.24) is 0 Å². The minimum absolute atomic E-state index is 0.385. The summed E-state index contributed by atoms with van der Waals surface area (Å²) in [5.74, 6) is 1.38. The number of halogens is 1. The van der Waals surface area contributed by atoms with Crippen molar-refractivity contribution < 1.29 is 21.5 Å². The average molecular weight is 623 g/mol. The SMILES string of the molecule is Cc1ccc(C(C)C)cc1.O=S(CCCP(c1ccccc1)c1ccccc1)c1ccccc1.[Cl][Ru+]. The number of benzene rings is 4. The summed E-state index contributed by atoms with van der Waals surface area (Å²) in [4.78, 5) is 0.932. The molecule has 0 bridgehead atoms. The molecule has 4 rings (SSSR count). The summed E-state index contributed by atoms with van der Waals surface area (Å²) in [5, 5.41) is 2.79. The molecule has 4 aromatic carbocycles. The first-order valence-corrected chi connectivity index (χ1v) is 17.1. The van der Waals surface area contributed by atoms with Crippen LogP contribution in [0.2, 0.25) is 0 Å². The molecule has 0 aliphatic rings. The van der Waals surface area contributed by atoms with Gasteiger partial charge in [0.15, 0.2) is 0 Å². The van der Waals surface area contributed by atoms with Crippen LogP contribution in [-0.2, 0) is 28.1 Å². The van der Waals surface area contributed by atoms with Crippen molar-refractivity contribution >= 4 is 39.0 Å². The van der Waals surface area contributed by atoms with Crippen molar-refractivity contribution in [1.29, 1.82) is 0 Å². The van der Waals surface area contributed by atoms with Crippen molar-refractivity contribution in [3.63, 3.8) is 0 Å². The van der Waals surface area contributed by atoms with Gasteiger partial charge in [-0.2, -0.15) is 0 Å². The Morgan fingerprint density at radius 3 is 1.61 bits per heavy atom. The van der Waals surface area contributed by atoms with Crippen LogP contribution in [0.5, 0.6) is 0 Å². The molecule has 0 saturated heterocycles. The fraction of sp³-hybridized carbons (Fsp3) is 0.226. The summed E-state index contributed by atoms with van der Waals surface area (Å²) in [6, 6.07) is 39.9. The molecule has 1 unspecified atom stereocenters. The first-order valence-electron chi connectivity index (χ1n) is 12.1. The van der Waals surface area contributed by atoms with Crippen molar-refractivity contribution in [3.8, 4) is 0 Å². The normalized spacial score (nSPS) is 11.2. The van der Waals surface area contributed by atoms with Crippen molar-refractivity contribution in [3.05, 3.63) is 126 Å². The third-order valence-electron chi connectivity index (χ3n) is 5.60. The van der Waals surface area contributed by atoms with E-state index in [2.05, 4.69) is 115 Å². The van der Waals surface area contributed by atoms with Gasteiger partial charge in [-0.1, -0.05) is 123 Å². The average Bonchev–Trinajstić information content (AvgIpc) is 2.94. The summed E-state index contributed by atoms with van der Waals surface area (Å²) in [6.07, 6.45) is 2.04. The first-order chi connectivity index (χ1) is 17.5. The molecule has 4 aromatic rings. The van der Waals surface area contributed by atoms with Crippen molar-refractivity contribution in [2.45, 2.75) is 38.0 Å². The van der Waals surface area contributed by atoms with E-state index in [1.165, 1.54) is 21.7 Å². The van der Waals surface area contributed by atoms with Crippen LogP contribution in [0, 0.1) is 6.92 Å². The fourth-order valence-electron chi connectivity index (χ4n) is 3.62. The Bertz CT molecular complexity index is 1080. The second-order valence-electron chi connectivity index (χ2n) is 8.60. The van der Waals surface area contributed by atoms with Gasteiger partial charge in [0.2, 0.25) is 0 Å². The van der Waals surface area contributed by atoms with Gasteiger partial charge >= 0.3 is 27.0 Å². The molecule has 1 atom stereocenters. The zero-order valence-corrected chi connectivity index (χ0v) is 25.4. The standard InChI is InChI=1S/C21H21OPS.C10H14.ClH.Ru/c22-24(21-15-8-3-9-16-21)18-10-17-23(19-11-4-1-5-12-19)20-13-6-2-7-14-20;1-8(2)10-6-4-9(3)5-7-10;;/h1-9,11-16H,10,17-18H2;4-8H,1-3H3;1H;/q;;;+2/p-1. The van der Waals surface area contributed by atoms with Crippen LogP contribution < -0.4 is 10.6 Å². The fourth-order valence-corrected chi connectivity index (χ4v) is 7.29. The van der Waals surface area contributed by atoms with E-state index in [0.717, 1.165) is 23.2 Å². The van der Waals surface area contributed by atoms with Gasteiger partial charge in [-0.3, -0.25) is 4.21 Å². The molecule has 0 aliphatic heterocycles. The molecular weight excluding hydrogens is 588 g/mol. The maximum atomic E-state index is 12.4. The molecule has 1 nitrogen and oxygen atoms in total. The van der Waals surface area contributed by atoms with Gasteiger partial charge in [0.05, 0.1) is 10.8 Å². The Morgan fingerprint density at radius 2 is 1.17 bits per heavy atom. The Hall–Kier alpha value is -1.63. The van der Waals surface area contributed by atoms with E-state index in [1.54, 1.807) is 0 Å². The van der Waals surface area contributed by atoms with Crippen LogP contribution in [-0.4, -0.2) is 16.1 Å². The zero-order valence-electron chi connectivity index (χ0n) is 21.2. The van der Waals surface area contributed by atoms with E-state index in [1.807, 2.05) is 47.6 Å². The summed E-state index contributed by atoms with van der Waals surface area (Å²) < 4.78 is 12.4. The third kappa shape index (κ3) is 10.8. The maximum absolute atomic E-state index is 12.4. The predicted molar refractivity (Wildman–Crippen MR) is 157 cm³/mol. The van der Waals surface area contributed by atoms with Gasteiger partial charge in [-0.05, 0) is 61.7 Å². The molecule has 0 fully saturated rings. The van der Waals surface area contributed by atoms with Gasteiger partial charge in [0.25, 0.3) is 0 Å². The number of aryl methyl sites for hydroxylation is 1. The summed E-state index contributed by atoms with van der Waals surface area (Å²) in [6.45, 7) is 6.54. The first kappa shape index (κ1) is 30.6. The van der Waals surface area contributed by atoms with E-state index in [0.29, 0.717) is 5.92 Å². The van der Waals surface area contributed by atoms with Gasteiger partial charge < -0.3 is 0 Å². The Kier molecular flexibility index (Phi) is 15.1. The topological polar surface area (TPSA) is 17.1 Å². The monoisotopic (exact) mass is 623 g/mol. The van der Waals surface area contributed by atoms with Gasteiger partial charge in [-0.15, -0.1) is 0 Å². The third-order valence-corrected chi connectivity index (χ3v) is 9.66. The van der Waals surface area contributed by atoms with Gasteiger partial charge in [0, 0.05) is 10.6 Å².